The molecule has 17 heavy (non-hydrogen) atoms. The number of anilines is 1. The Morgan fingerprint density at radius 1 is 1.47 bits per heavy atom. The van der Waals surface area contributed by atoms with E-state index in [1.165, 1.54) is 0 Å². The minimum Gasteiger partial charge on any atom is -0.380 e. The Hall–Kier alpha value is -1.07. The molecule has 0 aliphatic heterocycles. The van der Waals surface area contributed by atoms with E-state index in [9.17, 15) is 4.79 Å². The normalized spacial score (nSPS) is 12.5. The van der Waals surface area contributed by atoms with Crippen LogP contribution in [0, 0.1) is 5.92 Å². The molecular weight excluding hydrogens is 282 g/mol. The predicted octanol–water partition coefficient (Wildman–Crippen LogP) is 1.94. The van der Waals surface area contributed by atoms with E-state index < -0.39 is 5.91 Å². The molecule has 1 rings (SSSR count). The summed E-state index contributed by atoms with van der Waals surface area (Å²) >= 11 is 3.37. The molecule has 94 valence electrons. The Bertz CT molecular complexity index is 407. The number of amides is 1. The lowest BCUT2D eigenvalue weighted by molar-refractivity contribution is 0.100. The maximum Gasteiger partial charge on any atom is 0.250 e. The number of nitrogens with one attached hydrogen (secondary N) is 1. The standard InChI is InChI=1S/C12H18BrN3O/c1-7(2)11(6-14)16-10-5-8(13)3-4-9(10)12(15)17/h3-5,7,11,16H,6,14H2,1-2H3,(H2,15,17). The van der Waals surface area contributed by atoms with Crippen LogP contribution in [0.5, 0.6) is 0 Å². The molecule has 1 atom stereocenters. The molecule has 1 unspecified atom stereocenters. The largest absolute Gasteiger partial charge is 0.380 e. The fourth-order valence-corrected chi connectivity index (χ4v) is 1.91. The summed E-state index contributed by atoms with van der Waals surface area (Å²) in [6.07, 6.45) is 0. The van der Waals surface area contributed by atoms with Crippen LogP contribution in [0.2, 0.25) is 0 Å². The minimum absolute atomic E-state index is 0.113. The van der Waals surface area contributed by atoms with Crippen LogP contribution in [0.25, 0.3) is 0 Å². The molecule has 1 amide bonds. The lowest BCUT2D eigenvalue weighted by Gasteiger charge is -2.23. The number of primary amides is 1. The molecule has 0 saturated carbocycles. The smallest absolute Gasteiger partial charge is 0.250 e. The maximum atomic E-state index is 11.3. The monoisotopic (exact) mass is 299 g/mol. The zero-order chi connectivity index (χ0) is 13.0. The fraction of sp³-hybridized carbons (Fsp3) is 0.417. The second-order valence-corrected chi connectivity index (χ2v) is 5.20. The highest BCUT2D eigenvalue weighted by atomic mass is 79.9. The van der Waals surface area contributed by atoms with Crippen molar-refractivity contribution in [3.63, 3.8) is 0 Å². The minimum atomic E-state index is -0.445. The Morgan fingerprint density at radius 2 is 2.12 bits per heavy atom. The van der Waals surface area contributed by atoms with Gasteiger partial charge in [0.1, 0.15) is 0 Å². The second-order valence-electron chi connectivity index (χ2n) is 4.28. The molecule has 4 nitrogen and oxygen atoms in total. The predicted molar refractivity (Wildman–Crippen MR) is 74.0 cm³/mol. The van der Waals surface area contributed by atoms with Gasteiger partial charge in [-0.15, -0.1) is 0 Å². The summed E-state index contributed by atoms with van der Waals surface area (Å²) in [5.74, 6) is -0.0702. The van der Waals surface area contributed by atoms with Crippen LogP contribution in [0.4, 0.5) is 5.69 Å². The summed E-state index contributed by atoms with van der Waals surface area (Å²) in [7, 11) is 0. The van der Waals surface area contributed by atoms with E-state index >= 15 is 0 Å². The molecule has 0 spiro atoms. The first-order valence-electron chi connectivity index (χ1n) is 5.51. The van der Waals surface area contributed by atoms with Crippen LogP contribution in [0.3, 0.4) is 0 Å². The molecule has 5 heteroatoms. The third-order valence-electron chi connectivity index (χ3n) is 2.65. The van der Waals surface area contributed by atoms with Crippen molar-refractivity contribution in [2.24, 2.45) is 17.4 Å². The van der Waals surface area contributed by atoms with E-state index in [1.54, 1.807) is 12.1 Å². The quantitative estimate of drug-likeness (QED) is 0.777. The van der Waals surface area contributed by atoms with Gasteiger partial charge in [-0.3, -0.25) is 4.79 Å². The van der Waals surface area contributed by atoms with Gasteiger partial charge in [0.15, 0.2) is 0 Å². The molecule has 0 aliphatic carbocycles. The average Bonchev–Trinajstić information content (AvgIpc) is 2.25. The van der Waals surface area contributed by atoms with Crippen LogP contribution in [0.1, 0.15) is 24.2 Å². The summed E-state index contributed by atoms with van der Waals surface area (Å²) < 4.78 is 0.893. The summed E-state index contributed by atoms with van der Waals surface area (Å²) in [6.45, 7) is 4.65. The van der Waals surface area contributed by atoms with Crippen LogP contribution >= 0.6 is 15.9 Å². The summed E-state index contributed by atoms with van der Waals surface area (Å²) in [5, 5.41) is 3.26. The lowest BCUT2D eigenvalue weighted by Crippen LogP contribution is -2.34. The second kappa shape index (κ2) is 6.02. The fourth-order valence-electron chi connectivity index (χ4n) is 1.55. The molecular formula is C12H18BrN3O. The third-order valence-corrected chi connectivity index (χ3v) is 3.14. The molecule has 0 aromatic heterocycles. The van der Waals surface area contributed by atoms with Gasteiger partial charge in [0, 0.05) is 22.7 Å². The topological polar surface area (TPSA) is 81.1 Å². The number of hydrogen-bond donors (Lipinski definition) is 3. The van der Waals surface area contributed by atoms with Gasteiger partial charge < -0.3 is 16.8 Å². The van der Waals surface area contributed by atoms with Crippen molar-refractivity contribution in [2.75, 3.05) is 11.9 Å². The molecule has 0 fully saturated rings. The van der Waals surface area contributed by atoms with E-state index in [-0.39, 0.29) is 6.04 Å². The number of hydrogen-bond acceptors (Lipinski definition) is 3. The highest BCUT2D eigenvalue weighted by Gasteiger charge is 2.15. The SMILES string of the molecule is CC(C)C(CN)Nc1cc(Br)ccc1C(N)=O. The van der Waals surface area contributed by atoms with Crippen molar-refractivity contribution in [3.05, 3.63) is 28.2 Å². The van der Waals surface area contributed by atoms with Crippen molar-refractivity contribution in [2.45, 2.75) is 19.9 Å². The summed E-state index contributed by atoms with van der Waals surface area (Å²) in [4.78, 5) is 11.3. The van der Waals surface area contributed by atoms with Crippen molar-refractivity contribution in [3.8, 4) is 0 Å². The number of halogens is 1. The highest BCUT2D eigenvalue weighted by Crippen LogP contribution is 2.23. The van der Waals surface area contributed by atoms with E-state index in [4.69, 9.17) is 11.5 Å². The van der Waals surface area contributed by atoms with Gasteiger partial charge in [-0.25, -0.2) is 0 Å². The zero-order valence-electron chi connectivity index (χ0n) is 10.0. The van der Waals surface area contributed by atoms with E-state index in [0.717, 1.165) is 10.2 Å². The first kappa shape index (κ1) is 14.0. The number of carbonyl (C=O) groups excluding carboxylic acids is 1. The van der Waals surface area contributed by atoms with Crippen LogP contribution in [-0.2, 0) is 0 Å². The molecule has 1 aromatic rings. The Balaban J connectivity index is 3.03. The van der Waals surface area contributed by atoms with Crippen LogP contribution in [-0.4, -0.2) is 18.5 Å². The molecule has 0 radical (unpaired) electrons. The van der Waals surface area contributed by atoms with Gasteiger partial charge in [-0.1, -0.05) is 29.8 Å². The van der Waals surface area contributed by atoms with Gasteiger partial charge in [0.05, 0.1) is 5.56 Å². The summed E-state index contributed by atoms with van der Waals surface area (Å²) in [6, 6.07) is 5.44. The van der Waals surface area contributed by atoms with Crippen molar-refractivity contribution >= 4 is 27.5 Å². The van der Waals surface area contributed by atoms with E-state index in [1.807, 2.05) is 6.07 Å². The molecule has 0 saturated heterocycles. The van der Waals surface area contributed by atoms with Gasteiger partial charge in [0.25, 0.3) is 5.91 Å². The van der Waals surface area contributed by atoms with Gasteiger partial charge in [0.2, 0.25) is 0 Å². The van der Waals surface area contributed by atoms with Crippen LogP contribution < -0.4 is 16.8 Å². The van der Waals surface area contributed by atoms with Crippen LogP contribution in [0.15, 0.2) is 22.7 Å². The third kappa shape index (κ3) is 3.71. The van der Waals surface area contributed by atoms with Gasteiger partial charge >= 0.3 is 0 Å². The first-order chi connectivity index (χ1) is 7.95. The lowest BCUT2D eigenvalue weighted by atomic mass is 10.0. The molecule has 0 heterocycles. The molecule has 0 aliphatic rings. The number of benzene rings is 1. The molecule has 1 aromatic carbocycles. The van der Waals surface area contributed by atoms with Crippen molar-refractivity contribution in [1.82, 2.24) is 0 Å². The number of nitrogens with two attached hydrogens (primary N) is 2. The molecule has 5 N–H and O–H groups in total. The molecule has 0 bridgehead atoms. The Morgan fingerprint density at radius 3 is 2.59 bits per heavy atom. The maximum absolute atomic E-state index is 11.3. The summed E-state index contributed by atoms with van der Waals surface area (Å²) in [5.41, 5.74) is 12.2. The van der Waals surface area contributed by atoms with Gasteiger partial charge in [-0.2, -0.15) is 0 Å². The van der Waals surface area contributed by atoms with Crippen molar-refractivity contribution < 1.29 is 4.79 Å². The van der Waals surface area contributed by atoms with Gasteiger partial charge in [-0.05, 0) is 24.1 Å². The highest BCUT2D eigenvalue weighted by molar-refractivity contribution is 9.10. The number of rotatable bonds is 5. The average molecular weight is 300 g/mol. The Labute approximate surface area is 110 Å². The van der Waals surface area contributed by atoms with E-state index in [0.29, 0.717) is 18.0 Å². The van der Waals surface area contributed by atoms with Crippen molar-refractivity contribution in [1.29, 1.82) is 0 Å². The Kier molecular flexibility index (Phi) is 4.96. The number of carbonyl (C=O) groups is 1. The zero-order valence-corrected chi connectivity index (χ0v) is 11.6. The first-order valence-corrected chi connectivity index (χ1v) is 6.31. The van der Waals surface area contributed by atoms with E-state index in [2.05, 4.69) is 35.1 Å².